The number of hydrogen-bond acceptors (Lipinski definition) is 3. The molecule has 0 aromatic rings. The van der Waals surface area contributed by atoms with Gasteiger partial charge in [0.05, 0.1) is 7.11 Å². The molecule has 0 spiro atoms. The van der Waals surface area contributed by atoms with E-state index >= 15 is 0 Å². The average molecular weight is 201 g/mol. The molecule has 0 heterocycles. The standard InChI is InChI=1S/C10H19NO3/c1-5-8(6-2)9(12)11-7(3)10(13)14-4/h7-8H,5-6H2,1-4H3,(H,11,12)/t7-/m0/s1. The van der Waals surface area contributed by atoms with E-state index in [0.717, 1.165) is 12.8 Å². The Morgan fingerprint density at radius 1 is 1.29 bits per heavy atom. The van der Waals surface area contributed by atoms with Crippen LogP contribution in [0.15, 0.2) is 0 Å². The van der Waals surface area contributed by atoms with Crippen LogP contribution in [0.1, 0.15) is 33.6 Å². The molecule has 4 nitrogen and oxygen atoms in total. The third-order valence-electron chi connectivity index (χ3n) is 2.27. The maximum atomic E-state index is 11.5. The van der Waals surface area contributed by atoms with Crippen LogP contribution in [0.3, 0.4) is 0 Å². The van der Waals surface area contributed by atoms with Gasteiger partial charge in [-0.1, -0.05) is 13.8 Å². The first-order valence-electron chi connectivity index (χ1n) is 4.94. The summed E-state index contributed by atoms with van der Waals surface area (Å²) in [6.07, 6.45) is 1.58. The number of carbonyl (C=O) groups is 2. The molecule has 0 fully saturated rings. The van der Waals surface area contributed by atoms with Gasteiger partial charge in [0, 0.05) is 5.92 Å². The van der Waals surface area contributed by atoms with E-state index in [1.165, 1.54) is 7.11 Å². The highest BCUT2D eigenvalue weighted by molar-refractivity contribution is 5.85. The molecule has 0 unspecified atom stereocenters. The fraction of sp³-hybridized carbons (Fsp3) is 0.800. The lowest BCUT2D eigenvalue weighted by atomic mass is 10.0. The molecule has 0 aromatic heterocycles. The number of nitrogens with one attached hydrogen (secondary N) is 1. The van der Waals surface area contributed by atoms with Crippen molar-refractivity contribution in [2.24, 2.45) is 5.92 Å². The third kappa shape index (κ3) is 3.77. The molecule has 1 amide bonds. The number of ether oxygens (including phenoxy) is 1. The van der Waals surface area contributed by atoms with Crippen molar-refractivity contribution in [3.05, 3.63) is 0 Å². The quantitative estimate of drug-likeness (QED) is 0.678. The summed E-state index contributed by atoms with van der Waals surface area (Å²) in [6.45, 7) is 5.53. The second kappa shape index (κ2) is 6.40. The van der Waals surface area contributed by atoms with Crippen molar-refractivity contribution in [2.45, 2.75) is 39.7 Å². The van der Waals surface area contributed by atoms with Crippen molar-refractivity contribution < 1.29 is 14.3 Å². The summed E-state index contributed by atoms with van der Waals surface area (Å²) in [7, 11) is 1.31. The van der Waals surface area contributed by atoms with Gasteiger partial charge in [0.25, 0.3) is 0 Å². The van der Waals surface area contributed by atoms with Gasteiger partial charge in [-0.3, -0.25) is 4.79 Å². The van der Waals surface area contributed by atoms with E-state index in [2.05, 4.69) is 10.1 Å². The van der Waals surface area contributed by atoms with Crippen molar-refractivity contribution in [1.29, 1.82) is 0 Å². The first-order valence-corrected chi connectivity index (χ1v) is 4.94. The van der Waals surface area contributed by atoms with Crippen LogP contribution < -0.4 is 5.32 Å². The maximum absolute atomic E-state index is 11.5. The normalized spacial score (nSPS) is 12.4. The summed E-state index contributed by atoms with van der Waals surface area (Å²) >= 11 is 0. The van der Waals surface area contributed by atoms with Gasteiger partial charge in [-0.15, -0.1) is 0 Å². The van der Waals surface area contributed by atoms with Gasteiger partial charge in [-0.2, -0.15) is 0 Å². The van der Waals surface area contributed by atoms with Crippen molar-refractivity contribution in [3.8, 4) is 0 Å². The highest BCUT2D eigenvalue weighted by atomic mass is 16.5. The Balaban J connectivity index is 4.10. The topological polar surface area (TPSA) is 55.4 Å². The van der Waals surface area contributed by atoms with Crippen LogP contribution in [0, 0.1) is 5.92 Å². The van der Waals surface area contributed by atoms with Gasteiger partial charge in [0.1, 0.15) is 6.04 Å². The van der Waals surface area contributed by atoms with E-state index in [9.17, 15) is 9.59 Å². The number of esters is 1. The van der Waals surface area contributed by atoms with Crippen LogP contribution in [0.4, 0.5) is 0 Å². The zero-order valence-corrected chi connectivity index (χ0v) is 9.29. The lowest BCUT2D eigenvalue weighted by Crippen LogP contribution is -2.42. The summed E-state index contributed by atoms with van der Waals surface area (Å²) in [5, 5.41) is 2.62. The first kappa shape index (κ1) is 12.9. The van der Waals surface area contributed by atoms with E-state index in [0.29, 0.717) is 0 Å². The minimum atomic E-state index is -0.562. The van der Waals surface area contributed by atoms with Gasteiger partial charge in [0.2, 0.25) is 5.91 Å². The molecule has 1 atom stereocenters. The van der Waals surface area contributed by atoms with Crippen molar-refractivity contribution in [1.82, 2.24) is 5.32 Å². The molecule has 0 saturated heterocycles. The fourth-order valence-electron chi connectivity index (χ4n) is 1.23. The molecule has 0 bridgehead atoms. The summed E-state index contributed by atoms with van der Waals surface area (Å²) in [5.74, 6) is -0.501. The lowest BCUT2D eigenvalue weighted by molar-refractivity contribution is -0.145. The number of carbonyl (C=O) groups excluding carboxylic acids is 2. The number of methoxy groups -OCH3 is 1. The number of rotatable bonds is 5. The van der Waals surface area contributed by atoms with Crippen LogP contribution in [0.5, 0.6) is 0 Å². The summed E-state index contributed by atoms with van der Waals surface area (Å²) in [5.41, 5.74) is 0. The molecule has 0 aliphatic carbocycles. The molecule has 0 saturated carbocycles. The minimum Gasteiger partial charge on any atom is -0.467 e. The second-order valence-corrected chi connectivity index (χ2v) is 3.27. The Labute approximate surface area is 85.0 Å². The summed E-state index contributed by atoms with van der Waals surface area (Å²) in [4.78, 5) is 22.5. The van der Waals surface area contributed by atoms with E-state index in [1.807, 2.05) is 13.8 Å². The van der Waals surface area contributed by atoms with Gasteiger partial charge in [-0.25, -0.2) is 4.79 Å². The Hall–Kier alpha value is -1.06. The predicted octanol–water partition coefficient (Wildman–Crippen LogP) is 1.10. The SMILES string of the molecule is CCC(CC)C(=O)N[C@@H](C)C(=O)OC. The largest absolute Gasteiger partial charge is 0.467 e. The molecular weight excluding hydrogens is 182 g/mol. The van der Waals surface area contributed by atoms with Gasteiger partial charge in [-0.05, 0) is 19.8 Å². The maximum Gasteiger partial charge on any atom is 0.328 e. The second-order valence-electron chi connectivity index (χ2n) is 3.27. The Morgan fingerprint density at radius 2 is 1.79 bits per heavy atom. The molecule has 14 heavy (non-hydrogen) atoms. The van der Waals surface area contributed by atoms with E-state index in [4.69, 9.17) is 0 Å². The first-order chi connectivity index (χ1) is 6.56. The molecule has 0 aliphatic rings. The Kier molecular flexibility index (Phi) is 5.92. The van der Waals surface area contributed by atoms with Gasteiger partial charge in [0.15, 0.2) is 0 Å². The summed E-state index contributed by atoms with van der Waals surface area (Å²) in [6, 6.07) is -0.562. The van der Waals surface area contributed by atoms with Crippen LogP contribution in [0.2, 0.25) is 0 Å². The molecule has 0 radical (unpaired) electrons. The van der Waals surface area contributed by atoms with Crippen LogP contribution in [-0.4, -0.2) is 25.0 Å². The molecule has 82 valence electrons. The highest BCUT2D eigenvalue weighted by Gasteiger charge is 2.20. The predicted molar refractivity (Wildman–Crippen MR) is 53.7 cm³/mol. The van der Waals surface area contributed by atoms with E-state index in [1.54, 1.807) is 6.92 Å². The highest BCUT2D eigenvalue weighted by Crippen LogP contribution is 2.07. The van der Waals surface area contributed by atoms with Crippen molar-refractivity contribution >= 4 is 11.9 Å². The zero-order valence-electron chi connectivity index (χ0n) is 9.29. The lowest BCUT2D eigenvalue weighted by Gasteiger charge is -2.16. The zero-order chi connectivity index (χ0) is 11.1. The van der Waals surface area contributed by atoms with Crippen LogP contribution >= 0.6 is 0 Å². The fourth-order valence-corrected chi connectivity index (χ4v) is 1.23. The molecule has 0 aliphatic heterocycles. The minimum absolute atomic E-state index is 0.0119. The monoisotopic (exact) mass is 201 g/mol. The molecule has 1 N–H and O–H groups in total. The van der Waals surface area contributed by atoms with Crippen molar-refractivity contribution in [2.75, 3.05) is 7.11 Å². The van der Waals surface area contributed by atoms with Gasteiger partial charge < -0.3 is 10.1 Å². The smallest absolute Gasteiger partial charge is 0.328 e. The average Bonchev–Trinajstić information content (AvgIpc) is 2.18. The van der Waals surface area contributed by atoms with Crippen LogP contribution in [0.25, 0.3) is 0 Å². The molecule has 0 aromatic carbocycles. The number of amides is 1. The van der Waals surface area contributed by atoms with Crippen LogP contribution in [-0.2, 0) is 14.3 Å². The molecular formula is C10H19NO3. The molecule has 4 heteroatoms. The summed E-state index contributed by atoms with van der Waals surface area (Å²) < 4.78 is 4.51. The Morgan fingerprint density at radius 3 is 2.14 bits per heavy atom. The van der Waals surface area contributed by atoms with Crippen molar-refractivity contribution in [3.63, 3.8) is 0 Å². The Bertz CT molecular complexity index is 200. The number of hydrogen-bond donors (Lipinski definition) is 1. The van der Waals surface area contributed by atoms with Gasteiger partial charge >= 0.3 is 5.97 Å². The van der Waals surface area contributed by atoms with E-state index in [-0.39, 0.29) is 11.8 Å². The molecule has 0 rings (SSSR count). The van der Waals surface area contributed by atoms with E-state index < -0.39 is 12.0 Å². The third-order valence-corrected chi connectivity index (χ3v) is 2.27.